The van der Waals surface area contributed by atoms with E-state index in [9.17, 15) is 19.6 Å². The number of carbonyl (C=O) groups is 3. The largest absolute Gasteiger partial charge is 0.315 e. The normalized spacial score (nSPS) is 25.0. The molecule has 0 bridgehead atoms. The molecule has 0 radical (unpaired) electrons. The maximum absolute atomic E-state index is 12.8. The number of fused-ring (bicyclic) bond motifs is 2. The number of nitrogens with zero attached hydrogens (tertiary/aromatic N) is 2. The number of imide groups is 1. The molecule has 3 amide bonds. The summed E-state index contributed by atoms with van der Waals surface area (Å²) in [5.41, 5.74) is 1.58. The molecule has 4 rings (SSSR count). The number of likely N-dealkylation sites (tertiary alicyclic amines) is 1. The highest BCUT2D eigenvalue weighted by Gasteiger charge is 2.50. The van der Waals surface area contributed by atoms with Crippen LogP contribution in [0.2, 0.25) is 0 Å². The van der Waals surface area contributed by atoms with Gasteiger partial charge in [-0.25, -0.2) is 0 Å². The highest BCUT2D eigenvalue weighted by Crippen LogP contribution is 2.39. The Morgan fingerprint density at radius 2 is 1.85 bits per heavy atom. The van der Waals surface area contributed by atoms with Gasteiger partial charge in [-0.1, -0.05) is 12.2 Å². The van der Waals surface area contributed by atoms with E-state index in [4.69, 9.17) is 0 Å². The van der Waals surface area contributed by atoms with E-state index in [1.54, 1.807) is 6.92 Å². The van der Waals surface area contributed by atoms with Gasteiger partial charge in [0.2, 0.25) is 17.7 Å². The van der Waals surface area contributed by atoms with Gasteiger partial charge in [0.1, 0.15) is 17.1 Å². The van der Waals surface area contributed by atoms with Crippen molar-refractivity contribution in [2.75, 3.05) is 5.32 Å². The Kier molecular flexibility index (Phi) is 4.60. The van der Waals surface area contributed by atoms with Crippen molar-refractivity contribution in [3.05, 3.63) is 28.2 Å². The maximum atomic E-state index is 12.8. The Bertz CT molecular complexity index is 869. The van der Waals surface area contributed by atoms with Gasteiger partial charge in [0, 0.05) is 4.88 Å². The number of nitrogens with one attached hydrogen (secondary N) is 1. The van der Waals surface area contributed by atoms with Gasteiger partial charge in [-0.15, -0.1) is 11.3 Å². The second kappa shape index (κ2) is 6.93. The van der Waals surface area contributed by atoms with Gasteiger partial charge in [-0.05, 0) is 51.0 Å². The van der Waals surface area contributed by atoms with Crippen LogP contribution in [0.15, 0.2) is 12.2 Å². The lowest BCUT2D eigenvalue weighted by Gasteiger charge is -2.22. The molecule has 1 fully saturated rings. The number of hydrogen-bond donors (Lipinski definition) is 1. The smallest absolute Gasteiger partial charge is 0.248 e. The highest BCUT2D eigenvalue weighted by molar-refractivity contribution is 7.16. The molecule has 0 aromatic carbocycles. The Hall–Kier alpha value is -2.46. The fourth-order valence-corrected chi connectivity index (χ4v) is 5.56. The van der Waals surface area contributed by atoms with Crippen molar-refractivity contribution in [1.82, 2.24) is 4.90 Å². The molecular formula is C20H21N3O3S. The molecule has 1 aromatic heterocycles. The Morgan fingerprint density at radius 1 is 1.22 bits per heavy atom. The van der Waals surface area contributed by atoms with Crippen LogP contribution in [0.3, 0.4) is 0 Å². The molecule has 0 spiro atoms. The molecule has 3 aliphatic rings. The van der Waals surface area contributed by atoms with E-state index in [2.05, 4.69) is 11.4 Å². The molecule has 2 aliphatic carbocycles. The van der Waals surface area contributed by atoms with E-state index < -0.39 is 11.9 Å². The molecule has 1 aliphatic heterocycles. The first-order valence-electron chi connectivity index (χ1n) is 9.40. The molecule has 3 atom stereocenters. The molecule has 1 saturated heterocycles. The van der Waals surface area contributed by atoms with Crippen LogP contribution in [-0.2, 0) is 27.2 Å². The summed E-state index contributed by atoms with van der Waals surface area (Å²) in [6.45, 7) is 1.58. The minimum absolute atomic E-state index is 0.261. The predicted molar refractivity (Wildman–Crippen MR) is 101 cm³/mol. The zero-order chi connectivity index (χ0) is 19.1. The van der Waals surface area contributed by atoms with Crippen LogP contribution in [0, 0.1) is 23.2 Å². The molecule has 1 aromatic rings. The molecule has 6 nitrogen and oxygen atoms in total. The van der Waals surface area contributed by atoms with Crippen LogP contribution in [-0.4, -0.2) is 28.7 Å². The van der Waals surface area contributed by atoms with Gasteiger partial charge in [0.05, 0.1) is 17.4 Å². The van der Waals surface area contributed by atoms with Crippen molar-refractivity contribution in [3.63, 3.8) is 0 Å². The minimum atomic E-state index is -0.888. The fraction of sp³-hybridized carbons (Fsp3) is 0.500. The van der Waals surface area contributed by atoms with Gasteiger partial charge in [-0.2, -0.15) is 5.26 Å². The van der Waals surface area contributed by atoms with E-state index in [1.165, 1.54) is 11.3 Å². The van der Waals surface area contributed by atoms with E-state index in [0.717, 1.165) is 41.0 Å². The molecule has 7 heteroatoms. The standard InChI is InChI=1S/C20H21N3O3S/c1-11(23-19(25)13-7-2-3-8-14(13)20(23)26)17(24)22-18-15(10-21)12-6-4-5-9-16(12)27-18/h2-3,11,13-14H,4-9H2,1H3,(H,22,24). The van der Waals surface area contributed by atoms with Crippen molar-refractivity contribution in [2.45, 2.75) is 51.5 Å². The van der Waals surface area contributed by atoms with Crippen molar-refractivity contribution in [3.8, 4) is 6.07 Å². The Labute approximate surface area is 161 Å². The monoisotopic (exact) mass is 383 g/mol. The number of amides is 3. The molecule has 3 unspecified atom stereocenters. The first kappa shape index (κ1) is 17.9. The lowest BCUT2D eigenvalue weighted by molar-refractivity contribution is -0.146. The summed E-state index contributed by atoms with van der Waals surface area (Å²) in [6, 6.07) is 1.33. The Balaban J connectivity index is 1.54. The number of aryl methyl sites for hydroxylation is 1. The molecule has 140 valence electrons. The van der Waals surface area contributed by atoms with E-state index >= 15 is 0 Å². The number of hydrogen-bond acceptors (Lipinski definition) is 5. The first-order valence-corrected chi connectivity index (χ1v) is 10.2. The number of anilines is 1. The van der Waals surface area contributed by atoms with Crippen LogP contribution in [0.25, 0.3) is 0 Å². The summed E-state index contributed by atoms with van der Waals surface area (Å²) in [6.07, 6.45) is 8.89. The summed E-state index contributed by atoms with van der Waals surface area (Å²) in [4.78, 5) is 40.4. The summed E-state index contributed by atoms with van der Waals surface area (Å²) in [5, 5.41) is 12.9. The highest BCUT2D eigenvalue weighted by atomic mass is 32.1. The zero-order valence-electron chi connectivity index (χ0n) is 15.2. The number of nitriles is 1. The maximum Gasteiger partial charge on any atom is 0.248 e. The van der Waals surface area contributed by atoms with Crippen molar-refractivity contribution in [1.29, 1.82) is 5.26 Å². The molecular weight excluding hydrogens is 362 g/mol. The van der Waals surface area contributed by atoms with Crippen molar-refractivity contribution >= 4 is 34.1 Å². The van der Waals surface area contributed by atoms with Gasteiger partial charge < -0.3 is 5.32 Å². The quantitative estimate of drug-likeness (QED) is 0.642. The lowest BCUT2D eigenvalue weighted by Crippen LogP contribution is -2.46. The third-order valence-corrected chi connectivity index (χ3v) is 7.04. The third-order valence-electron chi connectivity index (χ3n) is 5.83. The van der Waals surface area contributed by atoms with Crippen LogP contribution in [0.4, 0.5) is 5.00 Å². The summed E-state index contributed by atoms with van der Waals surface area (Å²) in [5.74, 6) is -1.63. The first-order chi connectivity index (χ1) is 13.0. The lowest BCUT2D eigenvalue weighted by atomic mass is 9.85. The molecule has 1 N–H and O–H groups in total. The van der Waals surface area contributed by atoms with E-state index in [1.807, 2.05) is 12.2 Å². The van der Waals surface area contributed by atoms with Crippen LogP contribution >= 0.6 is 11.3 Å². The average Bonchev–Trinajstić information content (AvgIpc) is 3.16. The molecule has 27 heavy (non-hydrogen) atoms. The second-order valence-electron chi connectivity index (χ2n) is 7.39. The van der Waals surface area contributed by atoms with Crippen molar-refractivity contribution in [2.24, 2.45) is 11.8 Å². The summed E-state index contributed by atoms with van der Waals surface area (Å²) >= 11 is 1.44. The predicted octanol–water partition coefficient (Wildman–Crippen LogP) is 2.78. The van der Waals surface area contributed by atoms with Crippen LogP contribution < -0.4 is 5.32 Å². The molecule has 2 heterocycles. The van der Waals surface area contributed by atoms with Gasteiger partial charge in [-0.3, -0.25) is 19.3 Å². The topological polar surface area (TPSA) is 90.3 Å². The van der Waals surface area contributed by atoms with E-state index in [-0.39, 0.29) is 23.7 Å². The second-order valence-corrected chi connectivity index (χ2v) is 8.50. The number of thiophene rings is 1. The number of rotatable bonds is 3. The van der Waals surface area contributed by atoms with Crippen molar-refractivity contribution < 1.29 is 14.4 Å². The molecule has 0 saturated carbocycles. The SMILES string of the molecule is CC(C(=O)Nc1sc2c(c1C#N)CCCC2)N1C(=O)C2CC=CCC2C1=O. The van der Waals surface area contributed by atoms with E-state index in [0.29, 0.717) is 23.4 Å². The van der Waals surface area contributed by atoms with Gasteiger partial charge in [0.25, 0.3) is 0 Å². The number of allylic oxidation sites excluding steroid dienone is 2. The zero-order valence-corrected chi connectivity index (χ0v) is 16.0. The van der Waals surface area contributed by atoms with Crippen LogP contribution in [0.5, 0.6) is 0 Å². The Morgan fingerprint density at radius 3 is 2.48 bits per heavy atom. The average molecular weight is 383 g/mol. The fourth-order valence-electron chi connectivity index (χ4n) is 4.31. The summed E-state index contributed by atoms with van der Waals surface area (Å²) < 4.78 is 0. The van der Waals surface area contributed by atoms with Gasteiger partial charge >= 0.3 is 0 Å². The minimum Gasteiger partial charge on any atom is -0.315 e. The van der Waals surface area contributed by atoms with Gasteiger partial charge in [0.15, 0.2) is 0 Å². The third kappa shape index (κ3) is 2.88. The van der Waals surface area contributed by atoms with Crippen LogP contribution in [0.1, 0.15) is 48.6 Å². The summed E-state index contributed by atoms with van der Waals surface area (Å²) in [7, 11) is 0. The number of carbonyl (C=O) groups excluding carboxylic acids is 3.